The van der Waals surface area contributed by atoms with Crippen molar-refractivity contribution in [2.24, 2.45) is 33.3 Å². The summed E-state index contributed by atoms with van der Waals surface area (Å²) in [5, 5.41) is 21.2. The van der Waals surface area contributed by atoms with E-state index in [0.29, 0.717) is 61.7 Å². The molecule has 0 aliphatic rings. The van der Waals surface area contributed by atoms with Crippen molar-refractivity contribution >= 4 is 62.7 Å². The number of hydrogen-bond acceptors (Lipinski definition) is 11. The number of ether oxygens (including phenoxy) is 1. The van der Waals surface area contributed by atoms with Gasteiger partial charge in [-0.15, -0.1) is 11.3 Å². The van der Waals surface area contributed by atoms with Gasteiger partial charge in [-0.05, 0) is 94.5 Å². The van der Waals surface area contributed by atoms with E-state index in [0.717, 1.165) is 26.9 Å². The molecule has 0 aliphatic carbocycles. The van der Waals surface area contributed by atoms with Crippen LogP contribution in [-0.4, -0.2) is 82.5 Å². The van der Waals surface area contributed by atoms with Gasteiger partial charge in [0.15, 0.2) is 11.6 Å². The Morgan fingerprint density at radius 1 is 0.726 bits per heavy atom. The predicted octanol–water partition coefficient (Wildman–Crippen LogP) is 8.86. The summed E-state index contributed by atoms with van der Waals surface area (Å²) in [6.07, 6.45) is 0.953. The second-order valence-electron chi connectivity index (χ2n) is 19.5. The van der Waals surface area contributed by atoms with Crippen molar-refractivity contribution in [3.63, 3.8) is 0 Å². The van der Waals surface area contributed by atoms with E-state index >= 15 is 0 Å². The summed E-state index contributed by atoms with van der Waals surface area (Å²) in [5.41, 5.74) is 13.1. The van der Waals surface area contributed by atoms with Gasteiger partial charge >= 0.3 is 6.09 Å². The van der Waals surface area contributed by atoms with E-state index in [4.69, 9.17) is 16.2 Å². The number of thiazole rings is 1. The van der Waals surface area contributed by atoms with Gasteiger partial charge in [0.2, 0.25) is 11.8 Å². The average molecular weight is 1020 g/mol. The van der Waals surface area contributed by atoms with E-state index in [1.54, 1.807) is 34.7 Å². The number of fused-ring (bicyclic) bond motifs is 1. The molecule has 0 aliphatic heterocycles. The number of amides is 3. The molecule has 15 nitrogen and oxygen atoms in total. The number of nitrogens with zero attached hydrogens (tertiary/aromatic N) is 3. The van der Waals surface area contributed by atoms with Crippen LogP contribution in [0.5, 0.6) is 0 Å². The number of nitrogens with two attached hydrogens (primary N) is 2. The van der Waals surface area contributed by atoms with Crippen LogP contribution in [0, 0.1) is 11.8 Å². The van der Waals surface area contributed by atoms with Gasteiger partial charge in [0, 0.05) is 51.6 Å². The number of alkyl carbamates (subject to hydrolysis) is 1. The largest absolute Gasteiger partial charge is 0.444 e. The summed E-state index contributed by atoms with van der Waals surface area (Å²) in [7, 11) is 1.63. The topological polar surface area (TPSA) is 241 Å². The Morgan fingerprint density at radius 2 is 1.32 bits per heavy atom. The van der Waals surface area contributed by atoms with Crippen molar-refractivity contribution in [2.75, 3.05) is 13.6 Å². The molecular weight excluding hydrogens is 941 g/mol. The van der Waals surface area contributed by atoms with Crippen LogP contribution in [0.4, 0.5) is 4.79 Å². The number of aliphatic hydroxyl groups is 1. The highest BCUT2D eigenvalue weighted by molar-refractivity contribution is 7.18. The molecule has 0 saturated heterocycles. The second kappa shape index (κ2) is 27.9. The average Bonchev–Trinajstić information content (AvgIpc) is 3.83. The fourth-order valence-corrected chi connectivity index (χ4v) is 9.77. The molecule has 0 radical (unpaired) electrons. The molecule has 390 valence electrons. The zero-order valence-corrected chi connectivity index (χ0v) is 44.0. The van der Waals surface area contributed by atoms with E-state index in [9.17, 15) is 29.1 Å². The maximum absolute atomic E-state index is 14.6. The van der Waals surface area contributed by atoms with Crippen molar-refractivity contribution < 1.29 is 33.8 Å². The normalized spacial score (nSPS) is 14.3. The minimum absolute atomic E-state index is 0.0741. The number of aliphatic hydroxyl groups excluding tert-OH is 1. The van der Waals surface area contributed by atoms with Crippen LogP contribution >= 0.6 is 11.3 Å². The van der Waals surface area contributed by atoms with Gasteiger partial charge in [0.1, 0.15) is 22.3 Å². The molecule has 4 aromatic carbocycles. The third-order valence-electron chi connectivity index (χ3n) is 12.8. The van der Waals surface area contributed by atoms with E-state index in [2.05, 4.69) is 30.9 Å². The highest BCUT2D eigenvalue weighted by atomic mass is 32.1. The zero-order valence-electron chi connectivity index (χ0n) is 43.1. The lowest BCUT2D eigenvalue weighted by Gasteiger charge is -2.37. The Labute approximate surface area is 434 Å². The molecule has 5 aromatic rings. The summed E-state index contributed by atoms with van der Waals surface area (Å²) in [6, 6.07) is 34.4. The van der Waals surface area contributed by atoms with Crippen LogP contribution in [0.1, 0.15) is 133 Å². The molecule has 3 amide bonds. The van der Waals surface area contributed by atoms with Crippen molar-refractivity contribution in [1.29, 1.82) is 0 Å². The molecule has 0 bridgehead atoms. The molecule has 1 unspecified atom stereocenters. The number of nitrogens with one attached hydrogen (secondary N) is 3. The third kappa shape index (κ3) is 17.2. The SMILES string of the molecule is CCC(N)=NCCC[C@H](NC(=O)OC(C)(C)C)C(=O)C[C@@H](CCC(=O)NC(c1ccccc1)(c1ccccc1)c1ccccc1)C(=O)N[C@@H](C)C(=O)C[C@@H](CCCCC(N)=NC)C(O)c1nc2ccccc2s1. The van der Waals surface area contributed by atoms with Gasteiger partial charge < -0.3 is 37.3 Å². The van der Waals surface area contributed by atoms with Gasteiger partial charge in [-0.3, -0.25) is 29.2 Å². The Balaban J connectivity index is 1.43. The number of rotatable bonds is 28. The monoisotopic (exact) mass is 1010 g/mol. The molecule has 0 fully saturated rings. The summed E-state index contributed by atoms with van der Waals surface area (Å²) >= 11 is 1.37. The number of ketones is 2. The third-order valence-corrected chi connectivity index (χ3v) is 13.9. The van der Waals surface area contributed by atoms with Crippen molar-refractivity contribution in [2.45, 2.75) is 135 Å². The van der Waals surface area contributed by atoms with Gasteiger partial charge in [-0.25, -0.2) is 9.78 Å². The van der Waals surface area contributed by atoms with Gasteiger partial charge in [0.05, 0.1) is 34.0 Å². The van der Waals surface area contributed by atoms with Crippen LogP contribution in [0.2, 0.25) is 0 Å². The molecule has 5 atom stereocenters. The highest BCUT2D eigenvalue weighted by Gasteiger charge is 2.39. The van der Waals surface area contributed by atoms with Crippen molar-refractivity contribution in [1.82, 2.24) is 20.9 Å². The molecule has 16 heteroatoms. The second-order valence-corrected chi connectivity index (χ2v) is 20.5. The van der Waals surface area contributed by atoms with Crippen LogP contribution in [-0.2, 0) is 29.5 Å². The lowest BCUT2D eigenvalue weighted by atomic mass is 9.76. The molecule has 1 heterocycles. The Bertz CT molecular complexity index is 2510. The maximum Gasteiger partial charge on any atom is 0.408 e. The minimum Gasteiger partial charge on any atom is -0.444 e. The highest BCUT2D eigenvalue weighted by Crippen LogP contribution is 2.38. The van der Waals surface area contributed by atoms with E-state index in [1.807, 2.05) is 122 Å². The number of carbonyl (C=O) groups excluding carboxylic acids is 5. The van der Waals surface area contributed by atoms with E-state index < -0.39 is 58.9 Å². The Kier molecular flexibility index (Phi) is 21.8. The number of hydrogen-bond donors (Lipinski definition) is 6. The number of carbonyl (C=O) groups is 5. The number of amidine groups is 2. The first kappa shape index (κ1) is 57.1. The van der Waals surface area contributed by atoms with Crippen LogP contribution in [0.25, 0.3) is 10.2 Å². The summed E-state index contributed by atoms with van der Waals surface area (Å²) < 4.78 is 6.44. The Morgan fingerprint density at radius 3 is 1.88 bits per heavy atom. The molecular formula is C57H74N8O7S. The van der Waals surface area contributed by atoms with Crippen LogP contribution in [0.15, 0.2) is 125 Å². The molecule has 73 heavy (non-hydrogen) atoms. The van der Waals surface area contributed by atoms with Crippen LogP contribution in [0.3, 0.4) is 0 Å². The molecule has 5 rings (SSSR count). The van der Waals surface area contributed by atoms with Crippen molar-refractivity contribution in [3.8, 4) is 0 Å². The summed E-state index contributed by atoms with van der Waals surface area (Å²) in [4.78, 5) is 84.2. The van der Waals surface area contributed by atoms with Crippen molar-refractivity contribution in [3.05, 3.63) is 137 Å². The van der Waals surface area contributed by atoms with E-state index in [-0.39, 0.29) is 43.8 Å². The molecule has 0 saturated carbocycles. The zero-order chi connectivity index (χ0) is 53.0. The standard InChI is InChI=1S/C57H74N8O7S/c1-7-49(58)61-35-21-30-44(64-55(71)72-56(3,4)5)47(67)37-40(33-34-51(68)65-57(41-23-11-8-12-24-41,42-25-13-9-14-26-42)43-27-15-10-16-28-43)53(70)62-38(2)46(66)36-39(22-17-20-32-50(59)60-6)52(69)54-63-45-29-18-19-31-48(45)73-54/h8-16,18-19,23-29,31,38-40,44,52,69H,7,17,20-22,30,32-37H2,1-6H3,(H2,58,61)(H2,59,60)(H,62,70)(H,64,71)(H,65,68)/t38-,39+,40+,44-,52?/m0/s1. The number of benzene rings is 4. The lowest BCUT2D eigenvalue weighted by molar-refractivity contribution is -0.133. The quantitative estimate of drug-likeness (QED) is 0.0120. The fourth-order valence-electron chi connectivity index (χ4n) is 8.72. The fraction of sp³-hybridized carbons (Fsp3) is 0.439. The first-order valence-electron chi connectivity index (χ1n) is 25.3. The van der Waals surface area contributed by atoms with E-state index in [1.165, 1.54) is 11.3 Å². The number of Topliss-reactive ketones (excluding diaryl/α,β-unsaturated/α-hetero) is 2. The van der Waals surface area contributed by atoms with Gasteiger partial charge in [-0.1, -0.05) is 116 Å². The smallest absolute Gasteiger partial charge is 0.408 e. The minimum atomic E-state index is -1.13. The molecule has 1 aromatic heterocycles. The van der Waals surface area contributed by atoms with Gasteiger partial charge in [-0.2, -0.15) is 0 Å². The first-order valence-corrected chi connectivity index (χ1v) is 26.1. The number of para-hydroxylation sites is 1. The number of unbranched alkanes of at least 4 members (excludes halogenated alkanes) is 1. The number of aromatic nitrogens is 1. The first-order chi connectivity index (χ1) is 34.9. The Hall–Kier alpha value is -6.78. The molecule has 0 spiro atoms. The van der Waals surface area contributed by atoms with Gasteiger partial charge in [0.25, 0.3) is 0 Å². The summed E-state index contributed by atoms with van der Waals surface area (Å²) in [6.45, 7) is 8.91. The summed E-state index contributed by atoms with van der Waals surface area (Å²) in [5.74, 6) is -2.47. The van der Waals surface area contributed by atoms with Crippen LogP contribution < -0.4 is 27.4 Å². The maximum atomic E-state index is 14.6. The predicted molar refractivity (Wildman–Crippen MR) is 290 cm³/mol. The lowest BCUT2D eigenvalue weighted by Crippen LogP contribution is -2.48. The molecule has 8 N–H and O–H groups in total. The number of aliphatic imine (C=N–C) groups is 2.